The van der Waals surface area contributed by atoms with Crippen molar-refractivity contribution in [2.45, 2.75) is 6.54 Å². The van der Waals surface area contributed by atoms with Crippen LogP contribution in [0.3, 0.4) is 0 Å². The van der Waals surface area contributed by atoms with E-state index in [0.29, 0.717) is 26.9 Å². The van der Waals surface area contributed by atoms with E-state index in [-0.39, 0.29) is 12.1 Å². The number of halogens is 2. The summed E-state index contributed by atoms with van der Waals surface area (Å²) >= 11 is 11.8. The molecule has 0 amide bonds. The lowest BCUT2D eigenvalue weighted by atomic mass is 10.3. The molecule has 9 heteroatoms. The van der Waals surface area contributed by atoms with Crippen LogP contribution in [0.1, 0.15) is 5.69 Å². The predicted molar refractivity (Wildman–Crippen MR) is 73.9 cm³/mol. The number of aromatic nitrogens is 6. The normalized spacial score (nSPS) is 11.2. The van der Waals surface area contributed by atoms with Crippen LogP contribution in [0.4, 0.5) is 0 Å². The first-order chi connectivity index (χ1) is 9.56. The lowest BCUT2D eigenvalue weighted by Gasteiger charge is -2.05. The van der Waals surface area contributed by atoms with Crippen LogP contribution in [0.2, 0.25) is 10.2 Å². The van der Waals surface area contributed by atoms with E-state index < -0.39 is 0 Å². The molecule has 0 aliphatic carbocycles. The molecule has 3 rings (SSSR count). The van der Waals surface area contributed by atoms with Gasteiger partial charge < -0.3 is 0 Å². The van der Waals surface area contributed by atoms with Crippen molar-refractivity contribution in [3.05, 3.63) is 44.6 Å². The first-order valence-electron chi connectivity index (χ1n) is 5.62. The molecular formula is C11H8Cl2N6O. The molecule has 0 spiro atoms. The average Bonchev–Trinajstić information content (AvgIpc) is 2.79. The standard InChI is InChI=1S/C11H8Cl2N6O/c1-18-10-6(4-14-18)11(20)19(17-16-10)5-8-7(12)2-3-9(13)15-8/h2-4H,5H2,1H3. The van der Waals surface area contributed by atoms with Gasteiger partial charge in [0.15, 0.2) is 5.65 Å². The zero-order valence-electron chi connectivity index (χ0n) is 10.3. The first-order valence-corrected chi connectivity index (χ1v) is 6.38. The van der Waals surface area contributed by atoms with Crippen molar-refractivity contribution in [3.8, 4) is 0 Å². The molecule has 7 nitrogen and oxygen atoms in total. The van der Waals surface area contributed by atoms with E-state index in [0.717, 1.165) is 0 Å². The molecule has 0 aliphatic rings. The highest BCUT2D eigenvalue weighted by Crippen LogP contribution is 2.17. The van der Waals surface area contributed by atoms with Crippen molar-refractivity contribution in [2.24, 2.45) is 7.05 Å². The number of aryl methyl sites for hydroxylation is 1. The minimum Gasteiger partial charge on any atom is -0.267 e. The number of fused-ring (bicyclic) bond motifs is 1. The Morgan fingerprint density at radius 1 is 1.30 bits per heavy atom. The summed E-state index contributed by atoms with van der Waals surface area (Å²) in [6, 6.07) is 3.19. The fourth-order valence-electron chi connectivity index (χ4n) is 1.79. The second kappa shape index (κ2) is 4.84. The van der Waals surface area contributed by atoms with Gasteiger partial charge in [0, 0.05) is 7.05 Å². The molecule has 0 N–H and O–H groups in total. The van der Waals surface area contributed by atoms with Gasteiger partial charge in [-0.1, -0.05) is 28.4 Å². The average molecular weight is 311 g/mol. The SMILES string of the molecule is Cn1ncc2c(=O)n(Cc3nc(Cl)ccc3Cl)nnc21. The topological polar surface area (TPSA) is 78.5 Å². The van der Waals surface area contributed by atoms with Crippen molar-refractivity contribution in [1.29, 1.82) is 0 Å². The second-order valence-electron chi connectivity index (χ2n) is 4.12. The molecule has 0 atom stereocenters. The van der Waals surface area contributed by atoms with Gasteiger partial charge in [0.05, 0.1) is 23.5 Å². The molecular weight excluding hydrogens is 303 g/mol. The van der Waals surface area contributed by atoms with Crippen molar-refractivity contribution < 1.29 is 0 Å². The molecule has 0 unspecified atom stereocenters. The molecule has 3 heterocycles. The molecule has 0 saturated heterocycles. The Balaban J connectivity index is 2.09. The Morgan fingerprint density at radius 3 is 2.90 bits per heavy atom. The van der Waals surface area contributed by atoms with Gasteiger partial charge in [-0.2, -0.15) is 5.10 Å². The van der Waals surface area contributed by atoms with Gasteiger partial charge in [-0.05, 0) is 12.1 Å². The lowest BCUT2D eigenvalue weighted by Crippen LogP contribution is -2.25. The second-order valence-corrected chi connectivity index (χ2v) is 4.91. The van der Waals surface area contributed by atoms with E-state index in [4.69, 9.17) is 23.2 Å². The summed E-state index contributed by atoms with van der Waals surface area (Å²) in [5.41, 5.74) is 0.580. The monoisotopic (exact) mass is 310 g/mol. The van der Waals surface area contributed by atoms with Crippen LogP contribution in [-0.4, -0.2) is 29.8 Å². The lowest BCUT2D eigenvalue weighted by molar-refractivity contribution is 0.587. The van der Waals surface area contributed by atoms with Gasteiger partial charge in [0.2, 0.25) is 0 Å². The minimum absolute atomic E-state index is 0.0933. The Hall–Kier alpha value is -1.99. The Labute approximate surface area is 122 Å². The Morgan fingerprint density at radius 2 is 2.10 bits per heavy atom. The van der Waals surface area contributed by atoms with Gasteiger partial charge in [-0.15, -0.1) is 5.10 Å². The van der Waals surface area contributed by atoms with Crippen LogP contribution in [-0.2, 0) is 13.6 Å². The van der Waals surface area contributed by atoms with Crippen molar-refractivity contribution in [1.82, 2.24) is 29.8 Å². The summed E-state index contributed by atoms with van der Waals surface area (Å²) in [6.45, 7) is 0.0933. The van der Waals surface area contributed by atoms with E-state index in [1.54, 1.807) is 19.2 Å². The molecule has 0 bridgehead atoms. The zero-order valence-corrected chi connectivity index (χ0v) is 11.8. The maximum Gasteiger partial charge on any atom is 0.281 e. The summed E-state index contributed by atoms with van der Waals surface area (Å²) < 4.78 is 2.66. The highest BCUT2D eigenvalue weighted by Gasteiger charge is 2.12. The third-order valence-electron chi connectivity index (χ3n) is 2.80. The number of pyridine rings is 1. The van der Waals surface area contributed by atoms with Gasteiger partial charge in [0.25, 0.3) is 5.56 Å². The zero-order chi connectivity index (χ0) is 14.3. The van der Waals surface area contributed by atoms with Crippen LogP contribution in [0, 0.1) is 0 Å². The summed E-state index contributed by atoms with van der Waals surface area (Å²) in [7, 11) is 1.69. The molecule has 20 heavy (non-hydrogen) atoms. The molecule has 0 radical (unpaired) electrons. The van der Waals surface area contributed by atoms with Crippen LogP contribution in [0.5, 0.6) is 0 Å². The Kier molecular flexibility index (Phi) is 3.15. The van der Waals surface area contributed by atoms with Gasteiger partial charge in [-0.25, -0.2) is 14.3 Å². The van der Waals surface area contributed by atoms with Crippen molar-refractivity contribution in [3.63, 3.8) is 0 Å². The smallest absolute Gasteiger partial charge is 0.267 e. The predicted octanol–water partition coefficient (Wildman–Crippen LogP) is 1.28. The number of nitrogens with zero attached hydrogens (tertiary/aromatic N) is 6. The Bertz CT molecular complexity index is 856. The molecule has 0 aromatic carbocycles. The number of rotatable bonds is 2. The van der Waals surface area contributed by atoms with E-state index in [9.17, 15) is 4.79 Å². The van der Waals surface area contributed by atoms with Crippen molar-refractivity contribution in [2.75, 3.05) is 0 Å². The number of hydrogen-bond donors (Lipinski definition) is 0. The van der Waals surface area contributed by atoms with Crippen molar-refractivity contribution >= 4 is 34.2 Å². The van der Waals surface area contributed by atoms with E-state index in [1.165, 1.54) is 15.6 Å². The summed E-state index contributed by atoms with van der Waals surface area (Å²) in [6.07, 6.45) is 1.45. The van der Waals surface area contributed by atoms with E-state index in [1.807, 2.05) is 0 Å². The molecule has 3 aromatic heterocycles. The van der Waals surface area contributed by atoms with Crippen LogP contribution in [0.25, 0.3) is 11.0 Å². The quantitative estimate of drug-likeness (QED) is 0.666. The van der Waals surface area contributed by atoms with Crippen LogP contribution in [0.15, 0.2) is 23.1 Å². The minimum atomic E-state index is -0.305. The highest BCUT2D eigenvalue weighted by molar-refractivity contribution is 6.32. The van der Waals surface area contributed by atoms with Crippen LogP contribution < -0.4 is 5.56 Å². The van der Waals surface area contributed by atoms with Gasteiger partial charge in [-0.3, -0.25) is 4.79 Å². The maximum atomic E-state index is 12.2. The molecule has 0 saturated carbocycles. The third kappa shape index (κ3) is 2.14. The molecule has 0 fully saturated rings. The van der Waals surface area contributed by atoms with E-state index >= 15 is 0 Å². The summed E-state index contributed by atoms with van der Waals surface area (Å²) in [5, 5.41) is 12.9. The van der Waals surface area contributed by atoms with Gasteiger partial charge in [0.1, 0.15) is 10.5 Å². The molecule has 0 aliphatic heterocycles. The summed E-state index contributed by atoms with van der Waals surface area (Å²) in [4.78, 5) is 16.3. The fourth-order valence-corrected chi connectivity index (χ4v) is 2.12. The van der Waals surface area contributed by atoms with E-state index in [2.05, 4.69) is 20.4 Å². The molecule has 3 aromatic rings. The third-order valence-corrected chi connectivity index (χ3v) is 3.36. The first kappa shape index (κ1) is 13.0. The van der Waals surface area contributed by atoms with Gasteiger partial charge >= 0.3 is 0 Å². The molecule has 102 valence electrons. The maximum absolute atomic E-state index is 12.2. The van der Waals surface area contributed by atoms with Crippen LogP contribution >= 0.6 is 23.2 Å². The largest absolute Gasteiger partial charge is 0.281 e. The highest BCUT2D eigenvalue weighted by atomic mass is 35.5. The number of hydrogen-bond acceptors (Lipinski definition) is 5. The summed E-state index contributed by atoms with van der Waals surface area (Å²) in [5.74, 6) is 0. The fraction of sp³-hybridized carbons (Fsp3) is 0.182.